The number of pyridine rings is 1. The maximum atomic E-state index is 12.4. The Morgan fingerprint density at radius 3 is 2.35 bits per heavy atom. The van der Waals surface area contributed by atoms with Gasteiger partial charge in [-0.1, -0.05) is 25.5 Å². The van der Waals surface area contributed by atoms with E-state index in [1.807, 2.05) is 19.1 Å². The van der Waals surface area contributed by atoms with Crippen LogP contribution in [0.1, 0.15) is 43.7 Å². The summed E-state index contributed by atoms with van der Waals surface area (Å²) in [7, 11) is -3.90. The predicted molar refractivity (Wildman–Crippen MR) is 117 cm³/mol. The van der Waals surface area contributed by atoms with E-state index in [1.165, 1.54) is 12.1 Å². The number of aromatic nitrogens is 1. The van der Waals surface area contributed by atoms with Crippen molar-refractivity contribution in [2.24, 2.45) is 0 Å². The number of aliphatic carboxylic acids is 1. The fourth-order valence-corrected chi connectivity index (χ4v) is 4.25. The quantitative estimate of drug-likeness (QED) is 0.333. The lowest BCUT2D eigenvalue weighted by molar-refractivity contribution is -0.159. The van der Waals surface area contributed by atoms with Crippen molar-refractivity contribution in [3.8, 4) is 5.75 Å². The number of unbranched alkanes of at least 4 members (excludes halogenated alkanes) is 2. The van der Waals surface area contributed by atoms with Crippen molar-refractivity contribution in [1.29, 1.82) is 0 Å². The van der Waals surface area contributed by atoms with Gasteiger partial charge in [0.25, 0.3) is 10.1 Å². The summed E-state index contributed by atoms with van der Waals surface area (Å²) in [6.45, 7) is 2.03. The van der Waals surface area contributed by atoms with E-state index >= 15 is 0 Å². The number of carboxylic acid groups (broad SMARTS) is 1. The number of benzene rings is 1. The number of carboxylic acids is 1. The molecule has 0 aliphatic rings. The van der Waals surface area contributed by atoms with Crippen molar-refractivity contribution < 1.29 is 27.7 Å². The molecule has 0 amide bonds. The Morgan fingerprint density at radius 1 is 1.06 bits per heavy atom. The number of rotatable bonds is 14. The van der Waals surface area contributed by atoms with Crippen LogP contribution in [0.15, 0.2) is 48.8 Å². The molecule has 0 spiro atoms. The van der Waals surface area contributed by atoms with Gasteiger partial charge in [-0.05, 0) is 61.1 Å². The van der Waals surface area contributed by atoms with Gasteiger partial charge in [-0.2, -0.15) is 17.8 Å². The van der Waals surface area contributed by atoms with E-state index in [0.29, 0.717) is 24.8 Å². The third-order valence-electron chi connectivity index (χ3n) is 4.80. The molecule has 0 saturated carbocycles. The third kappa shape index (κ3) is 9.04. The van der Waals surface area contributed by atoms with Gasteiger partial charge >= 0.3 is 5.97 Å². The molecule has 170 valence electrons. The van der Waals surface area contributed by atoms with Gasteiger partial charge in [-0.3, -0.25) is 9.78 Å². The Kier molecular flexibility index (Phi) is 9.90. The fraction of sp³-hybridized carbons (Fsp3) is 0.455. The summed E-state index contributed by atoms with van der Waals surface area (Å²) in [6, 6.07) is 8.79. The molecule has 1 atom stereocenters. The largest absolute Gasteiger partial charge is 0.508 e. The van der Waals surface area contributed by atoms with Crippen LogP contribution in [0, 0.1) is 0 Å². The fourth-order valence-electron chi connectivity index (χ4n) is 3.06. The molecule has 1 heterocycles. The third-order valence-corrected chi connectivity index (χ3v) is 6.01. The Balaban J connectivity index is 2.10. The standard InChI is InChI=1S/C22H30N2O6S/c1-2-3-16-31(28,29)30-24(15-5-4-6-18-11-13-23-14-12-18)21(22(26)27)17-19-7-9-20(25)10-8-19/h7-14,21,25H,2-6,15-17H2,1H3,(H,26,27)/t21-/m1/s1. The summed E-state index contributed by atoms with van der Waals surface area (Å²) >= 11 is 0. The molecule has 31 heavy (non-hydrogen) atoms. The Hall–Kier alpha value is -2.49. The minimum absolute atomic E-state index is 0.0449. The molecule has 0 unspecified atom stereocenters. The number of hydrogen-bond acceptors (Lipinski definition) is 7. The zero-order valence-corrected chi connectivity index (χ0v) is 18.5. The van der Waals surface area contributed by atoms with Crippen molar-refractivity contribution in [3.05, 3.63) is 59.9 Å². The van der Waals surface area contributed by atoms with Crippen molar-refractivity contribution in [1.82, 2.24) is 10.0 Å². The first kappa shape index (κ1) is 24.8. The second-order valence-corrected chi connectivity index (χ2v) is 9.04. The number of carbonyl (C=O) groups is 1. The normalized spacial score (nSPS) is 12.7. The van der Waals surface area contributed by atoms with Gasteiger partial charge in [-0.15, -0.1) is 0 Å². The highest BCUT2D eigenvalue weighted by Crippen LogP contribution is 2.17. The molecule has 8 nitrogen and oxygen atoms in total. The van der Waals surface area contributed by atoms with Crippen LogP contribution >= 0.6 is 0 Å². The molecular formula is C22H30N2O6S. The van der Waals surface area contributed by atoms with Crippen molar-refractivity contribution in [2.75, 3.05) is 12.3 Å². The van der Waals surface area contributed by atoms with Crippen LogP contribution in [-0.2, 0) is 32.0 Å². The van der Waals surface area contributed by atoms with Gasteiger partial charge in [0, 0.05) is 25.4 Å². The average molecular weight is 451 g/mol. The monoisotopic (exact) mass is 450 g/mol. The van der Waals surface area contributed by atoms with Crippen LogP contribution in [0.5, 0.6) is 5.75 Å². The first-order chi connectivity index (χ1) is 14.8. The van der Waals surface area contributed by atoms with E-state index < -0.39 is 22.1 Å². The van der Waals surface area contributed by atoms with E-state index in [4.69, 9.17) is 4.28 Å². The number of phenols is 1. The van der Waals surface area contributed by atoms with Gasteiger partial charge in [0.15, 0.2) is 0 Å². The number of nitrogens with zero attached hydrogens (tertiary/aromatic N) is 2. The van der Waals surface area contributed by atoms with Gasteiger partial charge in [0.1, 0.15) is 11.8 Å². The van der Waals surface area contributed by atoms with E-state index in [2.05, 4.69) is 4.98 Å². The van der Waals surface area contributed by atoms with Crippen LogP contribution < -0.4 is 0 Å². The molecule has 0 fully saturated rings. The van der Waals surface area contributed by atoms with E-state index in [1.54, 1.807) is 24.5 Å². The molecule has 0 aliphatic carbocycles. The highest BCUT2D eigenvalue weighted by Gasteiger charge is 2.30. The van der Waals surface area contributed by atoms with Gasteiger partial charge in [0.05, 0.1) is 5.75 Å². The molecule has 1 aromatic carbocycles. The first-order valence-electron chi connectivity index (χ1n) is 10.4. The number of hydroxylamine groups is 2. The smallest absolute Gasteiger partial charge is 0.323 e. The van der Waals surface area contributed by atoms with Crippen LogP contribution in [0.3, 0.4) is 0 Å². The van der Waals surface area contributed by atoms with E-state index in [9.17, 15) is 23.4 Å². The van der Waals surface area contributed by atoms with E-state index in [0.717, 1.165) is 23.5 Å². The van der Waals surface area contributed by atoms with Crippen LogP contribution in [0.4, 0.5) is 0 Å². The lowest BCUT2D eigenvalue weighted by atomic mass is 10.0. The number of aryl methyl sites for hydroxylation is 1. The lowest BCUT2D eigenvalue weighted by Gasteiger charge is -2.27. The second-order valence-electron chi connectivity index (χ2n) is 7.37. The Morgan fingerprint density at radius 2 is 1.74 bits per heavy atom. The van der Waals surface area contributed by atoms with Crippen LogP contribution in [0.2, 0.25) is 0 Å². The lowest BCUT2D eigenvalue weighted by Crippen LogP contribution is -2.44. The molecule has 0 aliphatic heterocycles. The molecular weight excluding hydrogens is 420 g/mol. The molecule has 0 radical (unpaired) electrons. The summed E-state index contributed by atoms with van der Waals surface area (Å²) < 4.78 is 30.0. The van der Waals surface area contributed by atoms with Gasteiger partial charge in [-0.25, -0.2) is 0 Å². The van der Waals surface area contributed by atoms with Crippen LogP contribution in [-0.4, -0.2) is 53.0 Å². The topological polar surface area (TPSA) is 117 Å². The number of hydrogen-bond donors (Lipinski definition) is 2. The first-order valence-corrected chi connectivity index (χ1v) is 12.0. The maximum Gasteiger partial charge on any atom is 0.323 e. The van der Waals surface area contributed by atoms with Gasteiger partial charge < -0.3 is 10.2 Å². The van der Waals surface area contributed by atoms with Gasteiger partial charge in [0.2, 0.25) is 0 Å². The highest BCUT2D eigenvalue weighted by molar-refractivity contribution is 7.86. The highest BCUT2D eigenvalue weighted by atomic mass is 32.2. The maximum absolute atomic E-state index is 12.4. The summed E-state index contributed by atoms with van der Waals surface area (Å²) in [4.78, 5) is 16.0. The molecule has 1 aromatic heterocycles. The zero-order chi connectivity index (χ0) is 22.7. The minimum atomic E-state index is -3.90. The molecule has 2 N–H and O–H groups in total. The summed E-state index contributed by atoms with van der Waals surface area (Å²) in [6.07, 6.45) is 6.66. The Bertz CT molecular complexity index is 903. The summed E-state index contributed by atoms with van der Waals surface area (Å²) in [5.41, 5.74) is 1.76. The number of aromatic hydroxyl groups is 1. The zero-order valence-electron chi connectivity index (χ0n) is 17.7. The average Bonchev–Trinajstić information content (AvgIpc) is 2.74. The minimum Gasteiger partial charge on any atom is -0.508 e. The summed E-state index contributed by atoms with van der Waals surface area (Å²) in [5, 5.41) is 20.3. The molecule has 0 bridgehead atoms. The molecule has 2 aromatic rings. The molecule has 2 rings (SSSR count). The van der Waals surface area contributed by atoms with E-state index in [-0.39, 0.29) is 24.5 Å². The van der Waals surface area contributed by atoms with Crippen LogP contribution in [0.25, 0.3) is 0 Å². The molecule has 0 saturated heterocycles. The SMILES string of the molecule is CCCCS(=O)(=O)ON(CCCCc1ccncc1)[C@H](Cc1ccc(O)cc1)C(=O)O. The van der Waals surface area contributed by atoms with Crippen molar-refractivity contribution in [3.63, 3.8) is 0 Å². The molecule has 9 heteroatoms. The number of phenolic OH excluding ortho intramolecular Hbond substituents is 1. The Labute approximate surface area is 183 Å². The summed E-state index contributed by atoms with van der Waals surface area (Å²) in [5.74, 6) is -1.27. The second kappa shape index (κ2) is 12.4. The van der Waals surface area contributed by atoms with Crippen molar-refractivity contribution in [2.45, 2.75) is 51.5 Å². The predicted octanol–water partition coefficient (Wildman–Crippen LogP) is 3.17. The van der Waals surface area contributed by atoms with Crippen molar-refractivity contribution >= 4 is 16.1 Å².